The van der Waals surface area contributed by atoms with Crippen molar-refractivity contribution in [3.05, 3.63) is 41.3 Å². The highest BCUT2D eigenvalue weighted by atomic mass is 32.2. The third-order valence-electron chi connectivity index (χ3n) is 2.27. The number of aromatic carboxylic acids is 1. The van der Waals surface area contributed by atoms with Gasteiger partial charge in [-0.05, 0) is 23.6 Å². The van der Waals surface area contributed by atoms with Crippen LogP contribution in [0.3, 0.4) is 0 Å². The number of carboxylic acids is 1. The molecule has 0 fully saturated rings. The lowest BCUT2D eigenvalue weighted by Gasteiger charge is -2.09. The van der Waals surface area contributed by atoms with E-state index in [9.17, 15) is 18.3 Å². The van der Waals surface area contributed by atoms with Gasteiger partial charge in [-0.2, -0.15) is 0 Å². The van der Waals surface area contributed by atoms with E-state index in [1.807, 2.05) is 0 Å². The number of carbonyl (C=O) groups is 1. The summed E-state index contributed by atoms with van der Waals surface area (Å²) in [7, 11) is -3.82. The fourth-order valence-corrected chi connectivity index (χ4v) is 3.47. The van der Waals surface area contributed by atoms with Gasteiger partial charge in [0.2, 0.25) is 0 Å². The summed E-state index contributed by atoms with van der Waals surface area (Å²) in [6.45, 7) is 0. The average molecular weight is 299 g/mol. The summed E-state index contributed by atoms with van der Waals surface area (Å²) in [5.74, 6) is -1.95. The second kappa shape index (κ2) is 4.90. The molecule has 0 amide bonds. The summed E-state index contributed by atoms with van der Waals surface area (Å²) < 4.78 is 26.1. The topological polar surface area (TPSA) is 104 Å². The second-order valence-corrected chi connectivity index (χ2v) is 6.40. The maximum Gasteiger partial charge on any atom is 0.339 e. The molecule has 0 atom stereocenters. The van der Waals surface area contributed by atoms with Gasteiger partial charge >= 0.3 is 5.97 Å². The number of carboxylic acid groups (broad SMARTS) is 1. The molecule has 8 heteroatoms. The lowest BCUT2D eigenvalue weighted by molar-refractivity contribution is 0.0694. The summed E-state index contributed by atoms with van der Waals surface area (Å²) in [5, 5.41) is 20.2. The Labute approximate surface area is 113 Å². The van der Waals surface area contributed by atoms with E-state index in [0.29, 0.717) is 0 Å². The van der Waals surface area contributed by atoms with E-state index >= 15 is 0 Å². The van der Waals surface area contributed by atoms with Crippen molar-refractivity contribution < 1.29 is 23.4 Å². The van der Waals surface area contributed by atoms with Gasteiger partial charge < -0.3 is 10.2 Å². The van der Waals surface area contributed by atoms with E-state index < -0.39 is 21.7 Å². The molecular formula is C11H9NO5S2. The molecule has 19 heavy (non-hydrogen) atoms. The summed E-state index contributed by atoms with van der Waals surface area (Å²) in [6.07, 6.45) is 0. The third-order valence-corrected chi connectivity index (χ3v) is 5.03. The zero-order valence-corrected chi connectivity index (χ0v) is 11.0. The maximum atomic E-state index is 11.9. The van der Waals surface area contributed by atoms with E-state index in [2.05, 4.69) is 4.72 Å². The molecule has 0 saturated heterocycles. The van der Waals surface area contributed by atoms with E-state index in [0.717, 1.165) is 11.3 Å². The molecule has 0 radical (unpaired) electrons. The van der Waals surface area contributed by atoms with Crippen molar-refractivity contribution >= 4 is 33.0 Å². The summed E-state index contributed by atoms with van der Waals surface area (Å²) in [6, 6.07) is 6.79. The van der Waals surface area contributed by atoms with Crippen LogP contribution in [0, 0.1) is 0 Å². The SMILES string of the molecule is O=C(O)c1cccc(NS(=O)(=O)c2cccs2)c1O. The van der Waals surface area contributed by atoms with E-state index in [1.165, 1.54) is 24.3 Å². The van der Waals surface area contributed by atoms with Gasteiger partial charge in [0, 0.05) is 0 Å². The Morgan fingerprint density at radius 2 is 1.95 bits per heavy atom. The Morgan fingerprint density at radius 3 is 2.53 bits per heavy atom. The smallest absolute Gasteiger partial charge is 0.339 e. The van der Waals surface area contributed by atoms with E-state index in [4.69, 9.17) is 5.11 Å². The summed E-state index contributed by atoms with van der Waals surface area (Å²) in [4.78, 5) is 10.8. The molecule has 0 bridgehead atoms. The fraction of sp³-hybridized carbons (Fsp3) is 0. The number of hydrogen-bond donors (Lipinski definition) is 3. The van der Waals surface area contributed by atoms with Crippen LogP contribution < -0.4 is 4.72 Å². The number of sulfonamides is 1. The Bertz CT molecular complexity index is 707. The molecule has 0 spiro atoms. The molecule has 0 aliphatic rings. The molecule has 0 aliphatic carbocycles. The third kappa shape index (κ3) is 2.69. The Kier molecular flexibility index (Phi) is 3.45. The second-order valence-electron chi connectivity index (χ2n) is 3.54. The lowest BCUT2D eigenvalue weighted by atomic mass is 10.2. The first-order chi connectivity index (χ1) is 8.92. The summed E-state index contributed by atoms with van der Waals surface area (Å²) >= 11 is 1.02. The van der Waals surface area contributed by atoms with Crippen molar-refractivity contribution in [2.75, 3.05) is 4.72 Å². The predicted molar refractivity (Wildman–Crippen MR) is 70.2 cm³/mol. The fourth-order valence-electron chi connectivity index (χ4n) is 1.41. The van der Waals surface area contributed by atoms with Crippen LogP contribution in [0.2, 0.25) is 0 Å². The Hall–Kier alpha value is -2.06. The highest BCUT2D eigenvalue weighted by molar-refractivity contribution is 7.94. The zero-order chi connectivity index (χ0) is 14.0. The molecule has 1 aromatic carbocycles. The number of para-hydroxylation sites is 1. The van der Waals surface area contributed by atoms with Crippen LogP contribution in [0.25, 0.3) is 0 Å². The number of phenols is 1. The van der Waals surface area contributed by atoms with Crippen LogP contribution in [0.15, 0.2) is 39.9 Å². The minimum absolute atomic E-state index is 0.0765. The molecule has 3 N–H and O–H groups in total. The van der Waals surface area contributed by atoms with Gasteiger partial charge in [-0.25, -0.2) is 13.2 Å². The first-order valence-corrected chi connectivity index (χ1v) is 7.39. The zero-order valence-electron chi connectivity index (χ0n) is 9.40. The van der Waals surface area contributed by atoms with Crippen molar-refractivity contribution in [1.29, 1.82) is 0 Å². The maximum absolute atomic E-state index is 11.9. The lowest BCUT2D eigenvalue weighted by Crippen LogP contribution is -2.12. The highest BCUT2D eigenvalue weighted by Gasteiger charge is 2.19. The molecule has 0 unspecified atom stereocenters. The van der Waals surface area contributed by atoms with Crippen LogP contribution in [0.5, 0.6) is 5.75 Å². The average Bonchev–Trinajstić information content (AvgIpc) is 2.85. The van der Waals surface area contributed by atoms with E-state index in [1.54, 1.807) is 11.4 Å². The van der Waals surface area contributed by atoms with E-state index in [-0.39, 0.29) is 15.5 Å². The number of nitrogens with one attached hydrogen (secondary N) is 1. The van der Waals surface area contributed by atoms with Crippen LogP contribution >= 0.6 is 11.3 Å². The highest BCUT2D eigenvalue weighted by Crippen LogP contribution is 2.30. The molecule has 1 aromatic heterocycles. The first-order valence-electron chi connectivity index (χ1n) is 5.03. The van der Waals surface area contributed by atoms with Crippen molar-refractivity contribution in [3.8, 4) is 5.75 Å². The van der Waals surface area contributed by atoms with Gasteiger partial charge in [-0.15, -0.1) is 11.3 Å². The van der Waals surface area contributed by atoms with Gasteiger partial charge in [-0.3, -0.25) is 4.72 Å². The van der Waals surface area contributed by atoms with Gasteiger partial charge in [0.05, 0.1) is 5.69 Å². The number of hydrogen-bond acceptors (Lipinski definition) is 5. The molecule has 2 rings (SSSR count). The van der Waals surface area contributed by atoms with Crippen LogP contribution in [0.4, 0.5) is 5.69 Å². The predicted octanol–water partition coefficient (Wildman–Crippen LogP) is 1.95. The van der Waals surface area contributed by atoms with Crippen molar-refractivity contribution in [2.45, 2.75) is 4.21 Å². The van der Waals surface area contributed by atoms with Crippen LogP contribution in [-0.2, 0) is 10.0 Å². The molecule has 0 saturated carbocycles. The van der Waals surface area contributed by atoms with Gasteiger partial charge in [0.15, 0.2) is 5.75 Å². The van der Waals surface area contributed by atoms with Crippen molar-refractivity contribution in [2.24, 2.45) is 0 Å². The van der Waals surface area contributed by atoms with Crippen LogP contribution in [-0.4, -0.2) is 24.6 Å². The number of anilines is 1. The molecule has 6 nitrogen and oxygen atoms in total. The molecular weight excluding hydrogens is 290 g/mol. The number of thiophene rings is 1. The minimum atomic E-state index is -3.82. The molecule has 100 valence electrons. The quantitative estimate of drug-likeness (QED) is 0.749. The first kappa shape index (κ1) is 13.4. The normalized spacial score (nSPS) is 11.2. The largest absolute Gasteiger partial charge is 0.505 e. The molecule has 2 aromatic rings. The number of aromatic hydroxyl groups is 1. The van der Waals surface area contributed by atoms with Crippen LogP contribution in [0.1, 0.15) is 10.4 Å². The summed E-state index contributed by atoms with van der Waals surface area (Å²) in [5.41, 5.74) is -0.542. The standard InChI is InChI=1S/C11H9NO5S2/c13-10-7(11(14)15)3-1-4-8(10)12-19(16,17)9-5-2-6-18-9/h1-6,12-13H,(H,14,15). The van der Waals surface area contributed by atoms with Gasteiger partial charge in [-0.1, -0.05) is 12.1 Å². The van der Waals surface area contributed by atoms with Gasteiger partial charge in [0.1, 0.15) is 9.77 Å². The Balaban J connectivity index is 2.40. The number of benzene rings is 1. The number of rotatable bonds is 4. The molecule has 1 heterocycles. The Morgan fingerprint density at radius 1 is 1.21 bits per heavy atom. The molecule has 0 aliphatic heterocycles. The minimum Gasteiger partial charge on any atom is -0.505 e. The monoisotopic (exact) mass is 299 g/mol. The van der Waals surface area contributed by atoms with Crippen molar-refractivity contribution in [1.82, 2.24) is 0 Å². The van der Waals surface area contributed by atoms with Crippen molar-refractivity contribution in [3.63, 3.8) is 0 Å². The van der Waals surface area contributed by atoms with Gasteiger partial charge in [0.25, 0.3) is 10.0 Å².